The summed E-state index contributed by atoms with van der Waals surface area (Å²) in [5.74, 6) is -5.84. The lowest BCUT2D eigenvalue weighted by molar-refractivity contribution is -0.187. The van der Waals surface area contributed by atoms with Gasteiger partial charge in [-0.25, -0.2) is 0 Å². The lowest BCUT2D eigenvalue weighted by Gasteiger charge is -2.19. The van der Waals surface area contributed by atoms with Gasteiger partial charge in [0.1, 0.15) is 0 Å². The van der Waals surface area contributed by atoms with Crippen LogP contribution in [0.1, 0.15) is 28.8 Å². The number of rotatable bonds is 4. The van der Waals surface area contributed by atoms with Crippen molar-refractivity contribution in [3.05, 3.63) is 35.4 Å². The minimum absolute atomic E-state index is 0.0742. The summed E-state index contributed by atoms with van der Waals surface area (Å²) in [6, 6.07) is 6.31. The number of likely N-dealkylation sites (tertiary alicyclic amines) is 2. The second-order valence-corrected chi connectivity index (χ2v) is 6.92. The first-order chi connectivity index (χ1) is 12.7. The fourth-order valence-corrected chi connectivity index (χ4v) is 3.58. The van der Waals surface area contributed by atoms with Crippen molar-refractivity contribution in [1.82, 2.24) is 9.80 Å². The Hall–Kier alpha value is -2.58. The van der Waals surface area contributed by atoms with Crippen LogP contribution in [-0.2, 0) is 16.1 Å². The maximum Gasteiger partial charge on any atom is 0.394 e. The van der Waals surface area contributed by atoms with Crippen molar-refractivity contribution < 1.29 is 32.7 Å². The molecule has 2 saturated heterocycles. The summed E-state index contributed by atoms with van der Waals surface area (Å²) in [5.41, 5.74) is 1.01. The molecule has 1 N–H and O–H groups in total. The molecular weight excluding hydrogens is 365 g/mol. The highest BCUT2D eigenvalue weighted by Gasteiger charge is 2.53. The summed E-state index contributed by atoms with van der Waals surface area (Å²) in [6.45, 7) is -0.0251. The number of hydrogen-bond donors (Lipinski definition) is 1. The maximum absolute atomic E-state index is 13.1. The number of benzene rings is 1. The zero-order valence-electron chi connectivity index (χ0n) is 14.4. The molecule has 0 aromatic heterocycles. The highest BCUT2D eigenvalue weighted by Crippen LogP contribution is 2.38. The Labute approximate surface area is 153 Å². The van der Waals surface area contributed by atoms with Crippen molar-refractivity contribution in [3.63, 3.8) is 0 Å². The Morgan fingerprint density at radius 3 is 2.30 bits per heavy atom. The Morgan fingerprint density at radius 1 is 1.15 bits per heavy atom. The number of carboxylic acids is 1. The molecule has 2 aliphatic rings. The van der Waals surface area contributed by atoms with Gasteiger partial charge in [-0.15, -0.1) is 0 Å². The second-order valence-electron chi connectivity index (χ2n) is 6.92. The third-order valence-electron chi connectivity index (χ3n) is 5.09. The van der Waals surface area contributed by atoms with Gasteiger partial charge in [0.2, 0.25) is 5.91 Å². The van der Waals surface area contributed by atoms with Crippen LogP contribution in [0.25, 0.3) is 0 Å². The lowest BCUT2D eigenvalue weighted by atomic mass is 9.96. The first-order valence-corrected chi connectivity index (χ1v) is 8.62. The van der Waals surface area contributed by atoms with E-state index in [1.807, 2.05) is 0 Å². The van der Waals surface area contributed by atoms with Crippen LogP contribution < -0.4 is 0 Å². The first kappa shape index (κ1) is 19.2. The van der Waals surface area contributed by atoms with Gasteiger partial charge in [0.05, 0.1) is 11.8 Å². The molecule has 2 heterocycles. The number of hydrogen-bond acceptors (Lipinski definition) is 3. The highest BCUT2D eigenvalue weighted by molar-refractivity contribution is 5.95. The third-order valence-corrected chi connectivity index (χ3v) is 5.09. The van der Waals surface area contributed by atoms with E-state index in [9.17, 15) is 27.6 Å². The number of aliphatic carboxylic acids is 1. The number of nitrogens with zero attached hydrogens (tertiary/aromatic N) is 2. The second kappa shape index (κ2) is 7.21. The Kier molecular flexibility index (Phi) is 5.12. The molecule has 2 atom stereocenters. The molecule has 0 spiro atoms. The van der Waals surface area contributed by atoms with Crippen LogP contribution >= 0.6 is 0 Å². The molecule has 9 heteroatoms. The van der Waals surface area contributed by atoms with E-state index >= 15 is 0 Å². The molecule has 0 aliphatic carbocycles. The zero-order chi connectivity index (χ0) is 19.8. The van der Waals surface area contributed by atoms with Crippen LogP contribution in [0.2, 0.25) is 0 Å². The molecule has 0 saturated carbocycles. The molecule has 0 bridgehead atoms. The number of halogens is 3. The SMILES string of the molecule is O=C(O)[C@@H]1CN(C(=O)c2ccc(CN3CCCC3=O)cc2)C[C@H]1C(F)(F)F. The summed E-state index contributed by atoms with van der Waals surface area (Å²) in [6.07, 6.45) is -3.34. The quantitative estimate of drug-likeness (QED) is 0.863. The Bertz CT molecular complexity index is 748. The van der Waals surface area contributed by atoms with Crippen LogP contribution in [0.4, 0.5) is 13.2 Å². The molecule has 1 aromatic rings. The summed E-state index contributed by atoms with van der Waals surface area (Å²) in [5, 5.41) is 9.04. The van der Waals surface area contributed by atoms with Crippen molar-refractivity contribution in [1.29, 1.82) is 0 Å². The van der Waals surface area contributed by atoms with Crippen LogP contribution in [0, 0.1) is 11.8 Å². The van der Waals surface area contributed by atoms with Crippen LogP contribution in [0.5, 0.6) is 0 Å². The van der Waals surface area contributed by atoms with Crippen molar-refractivity contribution in [3.8, 4) is 0 Å². The maximum atomic E-state index is 13.1. The predicted octanol–water partition coefficient (Wildman–Crippen LogP) is 2.14. The molecule has 146 valence electrons. The van der Waals surface area contributed by atoms with Gasteiger partial charge in [0, 0.05) is 38.2 Å². The Morgan fingerprint density at radius 2 is 1.81 bits per heavy atom. The third kappa shape index (κ3) is 4.06. The number of carboxylic acid groups (broad SMARTS) is 1. The summed E-state index contributed by atoms with van der Waals surface area (Å²) in [4.78, 5) is 37.9. The van der Waals surface area contributed by atoms with Crippen LogP contribution in [0.3, 0.4) is 0 Å². The molecule has 6 nitrogen and oxygen atoms in total. The van der Waals surface area contributed by atoms with Gasteiger partial charge in [-0.05, 0) is 24.1 Å². The van der Waals surface area contributed by atoms with Gasteiger partial charge in [0.25, 0.3) is 5.91 Å². The minimum Gasteiger partial charge on any atom is -0.481 e. The van der Waals surface area contributed by atoms with E-state index in [0.717, 1.165) is 16.9 Å². The monoisotopic (exact) mass is 384 g/mol. The van der Waals surface area contributed by atoms with Gasteiger partial charge >= 0.3 is 12.1 Å². The fourth-order valence-electron chi connectivity index (χ4n) is 3.58. The van der Waals surface area contributed by atoms with Gasteiger partial charge in [-0.2, -0.15) is 13.2 Å². The van der Waals surface area contributed by atoms with Crippen molar-refractivity contribution in [2.24, 2.45) is 11.8 Å². The molecule has 27 heavy (non-hydrogen) atoms. The van der Waals surface area contributed by atoms with Gasteiger partial charge in [-0.3, -0.25) is 14.4 Å². The number of carbonyl (C=O) groups excluding carboxylic acids is 2. The molecule has 2 fully saturated rings. The molecular formula is C18H19F3N2O4. The molecule has 0 unspecified atom stereocenters. The van der Waals surface area contributed by atoms with Crippen molar-refractivity contribution >= 4 is 17.8 Å². The summed E-state index contributed by atoms with van der Waals surface area (Å²) in [7, 11) is 0. The summed E-state index contributed by atoms with van der Waals surface area (Å²) >= 11 is 0. The van der Waals surface area contributed by atoms with Gasteiger partial charge < -0.3 is 14.9 Å². The van der Waals surface area contributed by atoms with E-state index in [-0.39, 0.29) is 11.5 Å². The van der Waals surface area contributed by atoms with E-state index < -0.39 is 43.0 Å². The van der Waals surface area contributed by atoms with Gasteiger partial charge in [-0.1, -0.05) is 12.1 Å². The van der Waals surface area contributed by atoms with Gasteiger partial charge in [0.15, 0.2) is 0 Å². The number of alkyl halides is 3. The molecule has 2 amide bonds. The molecule has 3 rings (SSSR count). The van der Waals surface area contributed by atoms with E-state index in [2.05, 4.69) is 0 Å². The van der Waals surface area contributed by atoms with E-state index in [1.54, 1.807) is 17.0 Å². The standard InChI is InChI=1S/C18H19F3N2O4/c19-18(20,21)14-10-23(9-13(14)17(26)27)16(25)12-5-3-11(4-6-12)8-22-7-1-2-15(22)24/h3-6,13-14H,1-2,7-10H2,(H,26,27)/t13-,14-/m1/s1. The van der Waals surface area contributed by atoms with Crippen LogP contribution in [-0.4, -0.2) is 58.5 Å². The average Bonchev–Trinajstić information content (AvgIpc) is 3.22. The molecule has 1 aromatic carbocycles. The topological polar surface area (TPSA) is 77.9 Å². The van der Waals surface area contributed by atoms with Crippen LogP contribution in [0.15, 0.2) is 24.3 Å². The molecule has 2 aliphatic heterocycles. The van der Waals surface area contributed by atoms with E-state index in [0.29, 0.717) is 19.5 Å². The zero-order valence-corrected chi connectivity index (χ0v) is 14.4. The average molecular weight is 384 g/mol. The number of carbonyl (C=O) groups is 3. The predicted molar refractivity (Wildman–Crippen MR) is 87.7 cm³/mol. The largest absolute Gasteiger partial charge is 0.481 e. The number of amides is 2. The van der Waals surface area contributed by atoms with E-state index in [4.69, 9.17) is 5.11 Å². The normalized spacial score (nSPS) is 23.1. The summed E-state index contributed by atoms with van der Waals surface area (Å²) < 4.78 is 39.2. The minimum atomic E-state index is -4.68. The van der Waals surface area contributed by atoms with Crippen molar-refractivity contribution in [2.45, 2.75) is 25.6 Å². The van der Waals surface area contributed by atoms with Crippen molar-refractivity contribution in [2.75, 3.05) is 19.6 Å². The highest BCUT2D eigenvalue weighted by atomic mass is 19.4. The lowest BCUT2D eigenvalue weighted by Crippen LogP contribution is -2.34. The Balaban J connectivity index is 1.68. The van der Waals surface area contributed by atoms with E-state index in [1.165, 1.54) is 12.1 Å². The smallest absolute Gasteiger partial charge is 0.394 e. The first-order valence-electron chi connectivity index (χ1n) is 8.62. The molecule has 0 radical (unpaired) electrons. The fraction of sp³-hybridized carbons (Fsp3) is 0.500.